The van der Waals surface area contributed by atoms with Crippen molar-refractivity contribution >= 4 is 17.4 Å². The zero-order valence-corrected chi connectivity index (χ0v) is 10.6. The first-order chi connectivity index (χ1) is 9.15. The SMILES string of the molecule is NC(=O)c1cc(N)cnc1NC1CCOC1C1CC1. The number of primary amides is 1. The third kappa shape index (κ3) is 2.49. The van der Waals surface area contributed by atoms with Crippen molar-refractivity contribution in [2.45, 2.75) is 31.4 Å². The van der Waals surface area contributed by atoms with Gasteiger partial charge in [-0.1, -0.05) is 0 Å². The van der Waals surface area contributed by atoms with Gasteiger partial charge in [-0.15, -0.1) is 0 Å². The van der Waals surface area contributed by atoms with Crippen LogP contribution in [0.1, 0.15) is 29.6 Å². The second-order valence-electron chi connectivity index (χ2n) is 5.24. The molecule has 0 radical (unpaired) electrons. The van der Waals surface area contributed by atoms with Crippen molar-refractivity contribution in [1.82, 2.24) is 4.98 Å². The number of carbonyl (C=O) groups excluding carboxylic acids is 1. The molecule has 1 saturated carbocycles. The van der Waals surface area contributed by atoms with Gasteiger partial charge in [0.15, 0.2) is 0 Å². The van der Waals surface area contributed by atoms with Crippen molar-refractivity contribution in [3.8, 4) is 0 Å². The molecule has 1 amide bonds. The molecule has 2 heterocycles. The lowest BCUT2D eigenvalue weighted by molar-refractivity contribution is 0.0897. The van der Waals surface area contributed by atoms with Crippen LogP contribution in [0, 0.1) is 5.92 Å². The molecule has 0 aromatic carbocycles. The Bertz CT molecular complexity index is 501. The third-order valence-electron chi connectivity index (χ3n) is 3.72. The van der Waals surface area contributed by atoms with Gasteiger partial charge in [-0.3, -0.25) is 4.79 Å². The van der Waals surface area contributed by atoms with Gasteiger partial charge < -0.3 is 21.5 Å². The molecule has 1 aromatic heterocycles. The van der Waals surface area contributed by atoms with E-state index in [1.54, 1.807) is 6.07 Å². The summed E-state index contributed by atoms with van der Waals surface area (Å²) in [5.74, 6) is 0.623. The van der Waals surface area contributed by atoms with Crippen LogP contribution in [0.25, 0.3) is 0 Å². The molecule has 1 aliphatic carbocycles. The van der Waals surface area contributed by atoms with Crippen LogP contribution < -0.4 is 16.8 Å². The van der Waals surface area contributed by atoms with E-state index in [0.29, 0.717) is 23.0 Å². The van der Waals surface area contributed by atoms with E-state index in [0.717, 1.165) is 13.0 Å². The fourth-order valence-electron chi connectivity index (χ4n) is 2.61. The monoisotopic (exact) mass is 262 g/mol. The van der Waals surface area contributed by atoms with E-state index in [2.05, 4.69) is 10.3 Å². The van der Waals surface area contributed by atoms with Gasteiger partial charge in [0.25, 0.3) is 5.91 Å². The van der Waals surface area contributed by atoms with E-state index < -0.39 is 5.91 Å². The second-order valence-corrected chi connectivity index (χ2v) is 5.24. The van der Waals surface area contributed by atoms with Crippen molar-refractivity contribution < 1.29 is 9.53 Å². The number of ether oxygens (including phenoxy) is 1. The Kier molecular flexibility index (Phi) is 3.02. The van der Waals surface area contributed by atoms with E-state index in [1.165, 1.54) is 19.0 Å². The summed E-state index contributed by atoms with van der Waals surface area (Å²) in [6.07, 6.45) is 5.11. The molecule has 19 heavy (non-hydrogen) atoms. The average Bonchev–Trinajstić information content (AvgIpc) is 3.12. The largest absolute Gasteiger partial charge is 0.397 e. The number of anilines is 2. The van der Waals surface area contributed by atoms with E-state index in [4.69, 9.17) is 16.2 Å². The molecule has 0 spiro atoms. The van der Waals surface area contributed by atoms with Crippen LogP contribution in [0.15, 0.2) is 12.3 Å². The Balaban J connectivity index is 1.80. The van der Waals surface area contributed by atoms with Gasteiger partial charge in [0.2, 0.25) is 0 Å². The van der Waals surface area contributed by atoms with Crippen molar-refractivity contribution in [2.24, 2.45) is 11.7 Å². The number of aromatic nitrogens is 1. The highest BCUT2D eigenvalue weighted by Crippen LogP contribution is 2.39. The molecule has 2 atom stereocenters. The molecule has 5 N–H and O–H groups in total. The number of hydrogen-bond acceptors (Lipinski definition) is 5. The molecule has 6 nitrogen and oxygen atoms in total. The van der Waals surface area contributed by atoms with Crippen LogP contribution in [0.4, 0.5) is 11.5 Å². The minimum Gasteiger partial charge on any atom is -0.397 e. The van der Waals surface area contributed by atoms with Gasteiger partial charge in [-0.05, 0) is 31.2 Å². The fraction of sp³-hybridized carbons (Fsp3) is 0.538. The van der Waals surface area contributed by atoms with Crippen LogP contribution in [-0.4, -0.2) is 29.6 Å². The summed E-state index contributed by atoms with van der Waals surface area (Å²) in [5.41, 5.74) is 11.8. The zero-order valence-electron chi connectivity index (χ0n) is 10.6. The lowest BCUT2D eigenvalue weighted by Crippen LogP contribution is -2.32. The molecule has 2 unspecified atom stereocenters. The maximum atomic E-state index is 11.4. The van der Waals surface area contributed by atoms with Crippen LogP contribution >= 0.6 is 0 Å². The molecule has 2 aliphatic rings. The molecule has 102 valence electrons. The first-order valence-electron chi connectivity index (χ1n) is 6.58. The Morgan fingerprint density at radius 3 is 2.89 bits per heavy atom. The summed E-state index contributed by atoms with van der Waals surface area (Å²) < 4.78 is 5.75. The molecule has 3 rings (SSSR count). The predicted molar refractivity (Wildman–Crippen MR) is 71.7 cm³/mol. The van der Waals surface area contributed by atoms with Crippen molar-refractivity contribution in [3.05, 3.63) is 17.8 Å². The predicted octanol–water partition coefficient (Wildman–Crippen LogP) is 0.742. The van der Waals surface area contributed by atoms with Gasteiger partial charge in [0.1, 0.15) is 5.82 Å². The van der Waals surface area contributed by atoms with E-state index >= 15 is 0 Å². The minimum atomic E-state index is -0.524. The van der Waals surface area contributed by atoms with Crippen molar-refractivity contribution in [3.63, 3.8) is 0 Å². The summed E-state index contributed by atoms with van der Waals surface area (Å²) in [6, 6.07) is 1.75. The second kappa shape index (κ2) is 4.70. The van der Waals surface area contributed by atoms with Gasteiger partial charge in [-0.2, -0.15) is 0 Å². The molecular weight excluding hydrogens is 244 g/mol. The van der Waals surface area contributed by atoms with Gasteiger partial charge in [0.05, 0.1) is 29.6 Å². The van der Waals surface area contributed by atoms with Crippen molar-refractivity contribution in [2.75, 3.05) is 17.7 Å². The molecule has 6 heteroatoms. The Morgan fingerprint density at radius 1 is 1.42 bits per heavy atom. The highest BCUT2D eigenvalue weighted by Gasteiger charge is 2.41. The van der Waals surface area contributed by atoms with Gasteiger partial charge >= 0.3 is 0 Å². The lowest BCUT2D eigenvalue weighted by Gasteiger charge is -2.21. The maximum Gasteiger partial charge on any atom is 0.252 e. The minimum absolute atomic E-state index is 0.196. The highest BCUT2D eigenvalue weighted by atomic mass is 16.5. The zero-order chi connectivity index (χ0) is 13.4. The number of amides is 1. The number of rotatable bonds is 4. The number of nitrogens with two attached hydrogens (primary N) is 2. The molecule has 1 aliphatic heterocycles. The Morgan fingerprint density at radius 2 is 2.21 bits per heavy atom. The number of pyridine rings is 1. The Labute approximate surface area is 111 Å². The number of nitrogens with zero attached hydrogens (tertiary/aromatic N) is 1. The number of hydrogen-bond donors (Lipinski definition) is 3. The summed E-state index contributed by atoms with van der Waals surface area (Å²) in [7, 11) is 0. The standard InChI is InChI=1S/C13H18N4O2/c14-8-5-9(12(15)18)13(16-6-8)17-10-3-4-19-11(10)7-1-2-7/h5-7,10-11H,1-4,14H2,(H2,15,18)(H,16,17). The first-order valence-corrected chi connectivity index (χ1v) is 6.58. The van der Waals surface area contributed by atoms with Crippen LogP contribution in [0.3, 0.4) is 0 Å². The smallest absolute Gasteiger partial charge is 0.252 e. The normalized spacial score (nSPS) is 26.3. The lowest BCUT2D eigenvalue weighted by atomic mass is 10.1. The number of carbonyl (C=O) groups is 1. The fourth-order valence-corrected chi connectivity index (χ4v) is 2.61. The Hall–Kier alpha value is -1.82. The van der Waals surface area contributed by atoms with E-state index in [-0.39, 0.29) is 12.1 Å². The third-order valence-corrected chi connectivity index (χ3v) is 3.72. The number of nitrogen functional groups attached to an aromatic ring is 1. The average molecular weight is 262 g/mol. The molecule has 2 fully saturated rings. The topological polar surface area (TPSA) is 103 Å². The maximum absolute atomic E-state index is 11.4. The molecular formula is C13H18N4O2. The van der Waals surface area contributed by atoms with E-state index in [1.807, 2.05) is 0 Å². The quantitative estimate of drug-likeness (QED) is 0.742. The van der Waals surface area contributed by atoms with Crippen molar-refractivity contribution in [1.29, 1.82) is 0 Å². The molecule has 0 bridgehead atoms. The summed E-state index contributed by atoms with van der Waals surface area (Å²) in [5, 5.41) is 3.30. The van der Waals surface area contributed by atoms with Gasteiger partial charge in [0, 0.05) is 6.61 Å². The molecule has 1 aromatic rings. The summed E-state index contributed by atoms with van der Waals surface area (Å²) >= 11 is 0. The molecule has 1 saturated heterocycles. The first kappa shape index (κ1) is 12.2. The van der Waals surface area contributed by atoms with Crippen LogP contribution in [-0.2, 0) is 4.74 Å². The summed E-state index contributed by atoms with van der Waals surface area (Å²) in [6.45, 7) is 0.750. The van der Waals surface area contributed by atoms with Crippen LogP contribution in [0.2, 0.25) is 0 Å². The summed E-state index contributed by atoms with van der Waals surface area (Å²) in [4.78, 5) is 15.6. The van der Waals surface area contributed by atoms with Crippen LogP contribution in [0.5, 0.6) is 0 Å². The van der Waals surface area contributed by atoms with Gasteiger partial charge in [-0.25, -0.2) is 4.98 Å². The van der Waals surface area contributed by atoms with E-state index in [9.17, 15) is 4.79 Å². The number of nitrogens with one attached hydrogen (secondary N) is 1. The highest BCUT2D eigenvalue weighted by molar-refractivity contribution is 5.98.